The number of hydrogen-bond acceptors (Lipinski definition) is 4. The summed E-state index contributed by atoms with van der Waals surface area (Å²) in [6.07, 6.45) is -0.0619. The number of nitriles is 1. The summed E-state index contributed by atoms with van der Waals surface area (Å²) < 4.78 is 13.3. The molecule has 0 unspecified atom stereocenters. The zero-order chi connectivity index (χ0) is 19.0. The minimum atomic E-state index is -1.28. The minimum absolute atomic E-state index is 0.00329. The zero-order valence-electron chi connectivity index (χ0n) is 14.0. The molecule has 1 aromatic rings. The van der Waals surface area contributed by atoms with Crippen LogP contribution < -0.4 is 10.6 Å². The summed E-state index contributed by atoms with van der Waals surface area (Å²) >= 11 is 0. The highest BCUT2D eigenvalue weighted by atomic mass is 19.1. The van der Waals surface area contributed by atoms with Crippen LogP contribution >= 0.6 is 0 Å². The molecule has 3 atom stereocenters. The second-order valence-corrected chi connectivity index (χ2v) is 5.75. The Morgan fingerprint density at radius 2 is 1.96 bits per heavy atom. The van der Waals surface area contributed by atoms with Crippen molar-refractivity contribution in [1.29, 1.82) is 5.26 Å². The number of rotatable bonds is 8. The van der Waals surface area contributed by atoms with Gasteiger partial charge in [0.25, 0.3) is 0 Å². The van der Waals surface area contributed by atoms with E-state index in [1.165, 1.54) is 25.1 Å². The fourth-order valence-corrected chi connectivity index (χ4v) is 2.25. The van der Waals surface area contributed by atoms with Gasteiger partial charge in [-0.1, -0.05) is 12.1 Å². The molecule has 8 heteroatoms. The van der Waals surface area contributed by atoms with Crippen molar-refractivity contribution in [3.8, 4) is 6.07 Å². The lowest BCUT2D eigenvalue weighted by molar-refractivity contribution is -0.142. The smallest absolute Gasteiger partial charge is 0.326 e. The van der Waals surface area contributed by atoms with Crippen LogP contribution in [0.2, 0.25) is 0 Å². The van der Waals surface area contributed by atoms with Crippen molar-refractivity contribution in [2.75, 3.05) is 0 Å². The summed E-state index contributed by atoms with van der Waals surface area (Å²) in [6.45, 7) is 2.76. The van der Waals surface area contributed by atoms with Crippen LogP contribution in [0.1, 0.15) is 25.8 Å². The van der Waals surface area contributed by atoms with E-state index in [1.54, 1.807) is 13.0 Å². The van der Waals surface area contributed by atoms with Crippen molar-refractivity contribution in [2.24, 2.45) is 5.92 Å². The fraction of sp³-hybridized carbons (Fsp3) is 0.412. The molecule has 0 heterocycles. The van der Waals surface area contributed by atoms with Gasteiger partial charge in [-0.05, 0) is 31.0 Å². The van der Waals surface area contributed by atoms with E-state index in [2.05, 4.69) is 10.6 Å². The summed E-state index contributed by atoms with van der Waals surface area (Å²) in [6, 6.07) is 5.14. The summed E-state index contributed by atoms with van der Waals surface area (Å²) in [5, 5.41) is 22.7. The summed E-state index contributed by atoms with van der Waals surface area (Å²) in [5.41, 5.74) is 0.478. The number of carboxylic acid groups (broad SMARTS) is 1. The molecule has 0 aliphatic heterocycles. The van der Waals surface area contributed by atoms with Crippen molar-refractivity contribution in [1.82, 2.24) is 10.6 Å². The number of carbonyl (C=O) groups excluding carboxylic acids is 2. The Hall–Kier alpha value is -2.95. The van der Waals surface area contributed by atoms with Crippen LogP contribution in [0.4, 0.5) is 4.39 Å². The van der Waals surface area contributed by atoms with Crippen LogP contribution in [0, 0.1) is 23.1 Å². The average molecular weight is 349 g/mol. The van der Waals surface area contributed by atoms with E-state index < -0.39 is 41.6 Å². The molecule has 0 aromatic heterocycles. The number of aliphatic carboxylic acids is 1. The molecule has 0 aliphatic carbocycles. The van der Waals surface area contributed by atoms with E-state index in [1.807, 2.05) is 6.07 Å². The Labute approximate surface area is 144 Å². The van der Waals surface area contributed by atoms with Crippen molar-refractivity contribution >= 4 is 17.8 Å². The van der Waals surface area contributed by atoms with Gasteiger partial charge < -0.3 is 15.7 Å². The summed E-state index contributed by atoms with van der Waals surface area (Å²) in [5.74, 6) is -3.51. The molecule has 134 valence electrons. The molecule has 0 spiro atoms. The van der Waals surface area contributed by atoms with Crippen molar-refractivity contribution in [2.45, 2.75) is 38.8 Å². The lowest BCUT2D eigenvalue weighted by Crippen LogP contribution is -2.52. The Morgan fingerprint density at radius 3 is 2.48 bits per heavy atom. The maximum atomic E-state index is 13.3. The van der Waals surface area contributed by atoms with Crippen LogP contribution in [0.5, 0.6) is 0 Å². The lowest BCUT2D eigenvalue weighted by atomic mass is 10.0. The first-order valence-corrected chi connectivity index (χ1v) is 7.67. The van der Waals surface area contributed by atoms with E-state index in [0.29, 0.717) is 5.56 Å². The van der Waals surface area contributed by atoms with Gasteiger partial charge in [0, 0.05) is 19.3 Å². The highest BCUT2D eigenvalue weighted by Crippen LogP contribution is 2.09. The normalized spacial score (nSPS) is 13.8. The van der Waals surface area contributed by atoms with Gasteiger partial charge in [0.15, 0.2) is 0 Å². The largest absolute Gasteiger partial charge is 0.480 e. The number of amides is 2. The molecule has 0 fully saturated rings. The molecule has 0 saturated heterocycles. The highest BCUT2D eigenvalue weighted by molar-refractivity contribution is 5.90. The first-order valence-electron chi connectivity index (χ1n) is 7.67. The Bertz CT molecular complexity index is 687. The molecule has 2 amide bonds. The monoisotopic (exact) mass is 349 g/mol. The van der Waals surface area contributed by atoms with Crippen molar-refractivity contribution in [3.05, 3.63) is 35.6 Å². The van der Waals surface area contributed by atoms with Crippen LogP contribution in [0.25, 0.3) is 0 Å². The SMILES string of the molecule is CC(=O)N[C@H](Cc1cccc(F)c1)C(=O)N[C@H](C[C@@H](C)C#N)C(=O)O. The molecule has 3 N–H and O–H groups in total. The topological polar surface area (TPSA) is 119 Å². The van der Waals surface area contributed by atoms with Crippen molar-refractivity contribution in [3.63, 3.8) is 0 Å². The van der Waals surface area contributed by atoms with Gasteiger partial charge >= 0.3 is 5.97 Å². The Morgan fingerprint density at radius 1 is 1.28 bits per heavy atom. The van der Waals surface area contributed by atoms with E-state index in [-0.39, 0.29) is 12.8 Å². The third-order valence-electron chi connectivity index (χ3n) is 3.45. The van der Waals surface area contributed by atoms with Crippen molar-refractivity contribution < 1.29 is 23.9 Å². The molecule has 1 aromatic carbocycles. The molecule has 0 radical (unpaired) electrons. The maximum absolute atomic E-state index is 13.3. The van der Waals surface area contributed by atoms with Gasteiger partial charge in [-0.2, -0.15) is 5.26 Å². The average Bonchev–Trinajstić information content (AvgIpc) is 2.52. The fourth-order valence-electron chi connectivity index (χ4n) is 2.25. The van der Waals surface area contributed by atoms with Gasteiger partial charge in [0.2, 0.25) is 11.8 Å². The highest BCUT2D eigenvalue weighted by Gasteiger charge is 2.27. The molecule has 25 heavy (non-hydrogen) atoms. The third-order valence-corrected chi connectivity index (χ3v) is 3.45. The zero-order valence-corrected chi connectivity index (χ0v) is 14.0. The quantitative estimate of drug-likeness (QED) is 0.647. The first kappa shape index (κ1) is 20.1. The number of carbonyl (C=O) groups is 3. The molecular formula is C17H20FN3O4. The second kappa shape index (κ2) is 9.37. The first-order chi connectivity index (χ1) is 11.7. The molecule has 1 rings (SSSR count). The van der Waals surface area contributed by atoms with E-state index in [9.17, 15) is 23.9 Å². The van der Waals surface area contributed by atoms with Crippen LogP contribution in [-0.2, 0) is 20.8 Å². The number of benzene rings is 1. The minimum Gasteiger partial charge on any atom is -0.480 e. The standard InChI is InChI=1S/C17H20FN3O4/c1-10(9-19)6-15(17(24)25)21-16(23)14(20-11(2)22)8-12-4-3-5-13(18)7-12/h3-5,7,10,14-15H,6,8H2,1-2H3,(H,20,22)(H,21,23)(H,24,25)/t10-,14-,15-/m1/s1. The molecule has 0 saturated carbocycles. The van der Waals surface area contributed by atoms with Gasteiger partial charge in [0.05, 0.1) is 6.07 Å². The summed E-state index contributed by atoms with van der Waals surface area (Å²) in [4.78, 5) is 35.0. The van der Waals surface area contributed by atoms with E-state index >= 15 is 0 Å². The van der Waals surface area contributed by atoms with Gasteiger partial charge in [0.1, 0.15) is 17.9 Å². The number of halogens is 1. The second-order valence-electron chi connectivity index (χ2n) is 5.75. The number of nitrogens with one attached hydrogen (secondary N) is 2. The lowest BCUT2D eigenvalue weighted by Gasteiger charge is -2.21. The van der Waals surface area contributed by atoms with Crippen LogP contribution in [0.15, 0.2) is 24.3 Å². The van der Waals surface area contributed by atoms with Gasteiger partial charge in [-0.25, -0.2) is 9.18 Å². The third kappa shape index (κ3) is 6.99. The predicted molar refractivity (Wildman–Crippen MR) is 86.7 cm³/mol. The number of nitrogens with zero attached hydrogens (tertiary/aromatic N) is 1. The number of hydrogen-bond donors (Lipinski definition) is 3. The van der Waals surface area contributed by atoms with Crippen LogP contribution in [-0.4, -0.2) is 35.0 Å². The Balaban J connectivity index is 2.89. The molecule has 7 nitrogen and oxygen atoms in total. The van der Waals surface area contributed by atoms with E-state index in [4.69, 9.17) is 5.26 Å². The van der Waals surface area contributed by atoms with Gasteiger partial charge in [-0.3, -0.25) is 9.59 Å². The molecule has 0 aliphatic rings. The van der Waals surface area contributed by atoms with Crippen LogP contribution in [0.3, 0.4) is 0 Å². The predicted octanol–water partition coefficient (Wildman–Crippen LogP) is 0.992. The molecule has 0 bridgehead atoms. The van der Waals surface area contributed by atoms with E-state index in [0.717, 1.165) is 0 Å². The Kier molecular flexibility index (Phi) is 7.53. The maximum Gasteiger partial charge on any atom is 0.326 e. The molecular weight excluding hydrogens is 329 g/mol. The number of carboxylic acids is 1. The van der Waals surface area contributed by atoms with Gasteiger partial charge in [-0.15, -0.1) is 0 Å². The summed E-state index contributed by atoms with van der Waals surface area (Å²) in [7, 11) is 0.